The van der Waals surface area contributed by atoms with Gasteiger partial charge in [0, 0.05) is 36.2 Å². The third-order valence-electron chi connectivity index (χ3n) is 8.79. The first-order valence-corrected chi connectivity index (χ1v) is 14.3. The molecule has 3 aromatic heterocycles. The van der Waals surface area contributed by atoms with Crippen LogP contribution in [0, 0.1) is 11.7 Å². The first-order chi connectivity index (χ1) is 20.0. The van der Waals surface area contributed by atoms with Crippen LogP contribution in [-0.2, 0) is 6.42 Å². The number of ether oxygens (including phenoxy) is 1. The average molecular weight is 559 g/mol. The molecule has 11 heteroatoms. The quantitative estimate of drug-likeness (QED) is 0.301. The van der Waals surface area contributed by atoms with E-state index in [0.29, 0.717) is 41.9 Å². The molecule has 9 nitrogen and oxygen atoms in total. The Bertz CT molecular complexity index is 1600. The van der Waals surface area contributed by atoms with E-state index >= 15 is 8.78 Å². The molecular formula is C30H32F2N8O. The highest BCUT2D eigenvalue weighted by Gasteiger charge is 2.45. The van der Waals surface area contributed by atoms with Gasteiger partial charge in [0.1, 0.15) is 29.8 Å². The minimum Gasteiger partial charge on any atom is -0.461 e. The zero-order chi connectivity index (χ0) is 28.0. The first kappa shape index (κ1) is 25.9. The fourth-order valence-corrected chi connectivity index (χ4v) is 6.60. The van der Waals surface area contributed by atoms with Crippen molar-refractivity contribution in [3.8, 4) is 17.3 Å². The molecule has 2 atom stereocenters. The van der Waals surface area contributed by atoms with Crippen LogP contribution in [0.5, 0.6) is 6.01 Å². The fourth-order valence-electron chi connectivity index (χ4n) is 6.60. The Kier molecular flexibility index (Phi) is 6.61. The van der Waals surface area contributed by atoms with Crippen LogP contribution in [0.2, 0.25) is 0 Å². The van der Waals surface area contributed by atoms with Crippen molar-refractivity contribution in [3.63, 3.8) is 0 Å². The van der Waals surface area contributed by atoms with Crippen molar-refractivity contribution in [2.24, 2.45) is 5.92 Å². The lowest BCUT2D eigenvalue weighted by Crippen LogP contribution is -2.43. The topological polar surface area (TPSA) is 105 Å². The summed E-state index contributed by atoms with van der Waals surface area (Å²) in [6.07, 6.45) is 10.7. The van der Waals surface area contributed by atoms with Gasteiger partial charge in [-0.15, -0.1) is 0 Å². The van der Waals surface area contributed by atoms with Crippen molar-refractivity contribution < 1.29 is 13.5 Å². The van der Waals surface area contributed by atoms with Gasteiger partial charge in [-0.25, -0.2) is 8.78 Å². The smallest absolute Gasteiger partial charge is 0.319 e. The first-order valence-electron chi connectivity index (χ1n) is 14.3. The second-order valence-electron chi connectivity index (χ2n) is 11.3. The van der Waals surface area contributed by atoms with Crippen LogP contribution >= 0.6 is 0 Å². The lowest BCUT2D eigenvalue weighted by Gasteiger charge is -2.31. The minimum atomic E-state index is -1.26. The van der Waals surface area contributed by atoms with Gasteiger partial charge in [0.25, 0.3) is 0 Å². The molecule has 0 amide bonds. The molecule has 2 saturated heterocycles. The molecule has 2 unspecified atom stereocenters. The number of allylic oxidation sites excluding steroid dienone is 1. The lowest BCUT2D eigenvalue weighted by molar-refractivity contribution is 0.108. The van der Waals surface area contributed by atoms with Gasteiger partial charge in [0.2, 0.25) is 0 Å². The molecule has 0 radical (unpaired) electrons. The highest BCUT2D eigenvalue weighted by molar-refractivity contribution is 5.92. The number of anilines is 1. The number of hydrogen-bond acceptors (Lipinski definition) is 8. The Morgan fingerprint density at radius 3 is 2.83 bits per heavy atom. The Labute approximate surface area is 236 Å². The maximum atomic E-state index is 16.4. The summed E-state index contributed by atoms with van der Waals surface area (Å²) in [5.41, 5.74) is 2.54. The van der Waals surface area contributed by atoms with Crippen LogP contribution in [0.25, 0.3) is 28.2 Å². The maximum Gasteiger partial charge on any atom is 0.319 e. The second kappa shape index (κ2) is 10.4. The number of rotatable bonds is 8. The summed E-state index contributed by atoms with van der Waals surface area (Å²) in [6, 6.07) is 5.47. The molecule has 2 fully saturated rings. The van der Waals surface area contributed by atoms with Crippen molar-refractivity contribution in [1.82, 2.24) is 35.3 Å². The third kappa shape index (κ3) is 4.61. The van der Waals surface area contributed by atoms with Crippen molar-refractivity contribution in [3.05, 3.63) is 59.3 Å². The van der Waals surface area contributed by atoms with E-state index in [1.165, 1.54) is 0 Å². The number of nitrogens with zero attached hydrogens (tertiary/aromatic N) is 6. The standard InChI is InChI=1S/C30H32F2N8O/c1-18-7-8-19-5-2-6-21(23(19)24(18)31)26-25(32)27-22(16-34-26)28(33-12-9-20-15-35-39-38-20)37-29(36-27)41-17-30-10-3-13-40(30)14-4-11-30/h2,5-8,15-16,18,24H,3-4,9-14,17H2,1H3,(H,33,36,37)(H,35,38,39). The molecule has 3 aliphatic rings. The number of H-pyrrole nitrogens is 1. The zero-order valence-electron chi connectivity index (χ0n) is 22.9. The third-order valence-corrected chi connectivity index (χ3v) is 8.79. The summed E-state index contributed by atoms with van der Waals surface area (Å²) in [5.74, 6) is -0.521. The molecule has 0 saturated carbocycles. The summed E-state index contributed by atoms with van der Waals surface area (Å²) in [4.78, 5) is 16.2. The van der Waals surface area contributed by atoms with Gasteiger partial charge in [-0.2, -0.15) is 25.4 Å². The monoisotopic (exact) mass is 558 g/mol. The van der Waals surface area contributed by atoms with E-state index in [-0.39, 0.29) is 28.7 Å². The minimum absolute atomic E-state index is 0.00966. The van der Waals surface area contributed by atoms with Gasteiger partial charge in [-0.1, -0.05) is 37.3 Å². The Morgan fingerprint density at radius 1 is 1.17 bits per heavy atom. The summed E-state index contributed by atoms with van der Waals surface area (Å²) < 4.78 is 38.1. The highest BCUT2D eigenvalue weighted by Crippen LogP contribution is 2.42. The highest BCUT2D eigenvalue weighted by atomic mass is 19.1. The molecule has 7 rings (SSSR count). The Morgan fingerprint density at radius 2 is 2.02 bits per heavy atom. The van der Waals surface area contributed by atoms with E-state index in [1.807, 2.05) is 25.1 Å². The molecule has 0 bridgehead atoms. The van der Waals surface area contributed by atoms with Gasteiger partial charge in [0.05, 0.1) is 22.8 Å². The maximum absolute atomic E-state index is 16.4. The SMILES string of the molecule is CC1C=Cc2cccc(-c3ncc4c(NCCc5cn[nH]n5)nc(OCC56CCCN5CCC6)nc4c3F)c2C1F. The van der Waals surface area contributed by atoms with Crippen LogP contribution in [0.3, 0.4) is 0 Å². The lowest BCUT2D eigenvalue weighted by atomic mass is 9.85. The van der Waals surface area contributed by atoms with Crippen molar-refractivity contribution in [2.75, 3.05) is 31.6 Å². The molecule has 212 valence electrons. The Hall–Kier alpha value is -3.99. The molecule has 2 N–H and O–H groups in total. The largest absolute Gasteiger partial charge is 0.461 e. The number of alkyl halides is 1. The van der Waals surface area contributed by atoms with Crippen LogP contribution in [0.15, 0.2) is 36.7 Å². The van der Waals surface area contributed by atoms with Crippen LogP contribution in [0.1, 0.15) is 55.6 Å². The van der Waals surface area contributed by atoms with Crippen LogP contribution in [0.4, 0.5) is 14.6 Å². The van der Waals surface area contributed by atoms with Gasteiger partial charge in [-0.3, -0.25) is 9.88 Å². The fraction of sp³-hybridized carbons (Fsp3) is 0.433. The average Bonchev–Trinajstić information content (AvgIpc) is 3.73. The van der Waals surface area contributed by atoms with Crippen LogP contribution in [-0.4, -0.2) is 67.0 Å². The predicted molar refractivity (Wildman–Crippen MR) is 152 cm³/mol. The predicted octanol–water partition coefficient (Wildman–Crippen LogP) is 5.28. The van der Waals surface area contributed by atoms with Gasteiger partial charge in [0.15, 0.2) is 5.82 Å². The van der Waals surface area contributed by atoms with E-state index < -0.39 is 12.0 Å². The van der Waals surface area contributed by atoms with E-state index in [2.05, 4.69) is 40.6 Å². The van der Waals surface area contributed by atoms with E-state index in [9.17, 15) is 0 Å². The summed E-state index contributed by atoms with van der Waals surface area (Å²) in [6.45, 7) is 4.90. The molecule has 0 spiro atoms. The van der Waals surface area contributed by atoms with E-state index in [0.717, 1.165) is 50.0 Å². The number of aromatic amines is 1. The molecule has 5 heterocycles. The van der Waals surface area contributed by atoms with Crippen molar-refractivity contribution in [1.29, 1.82) is 0 Å². The zero-order valence-corrected chi connectivity index (χ0v) is 22.9. The number of pyridine rings is 1. The summed E-state index contributed by atoms with van der Waals surface area (Å²) >= 11 is 0. The summed E-state index contributed by atoms with van der Waals surface area (Å²) in [7, 11) is 0. The number of fused-ring (bicyclic) bond motifs is 3. The van der Waals surface area contributed by atoms with E-state index in [4.69, 9.17) is 4.74 Å². The number of hydrogen-bond donors (Lipinski definition) is 2. The molecule has 1 aliphatic carbocycles. The van der Waals surface area contributed by atoms with Gasteiger partial charge in [-0.05, 0) is 44.3 Å². The summed E-state index contributed by atoms with van der Waals surface area (Å²) in [5, 5.41) is 14.3. The number of halogens is 2. The Balaban J connectivity index is 1.27. The van der Waals surface area contributed by atoms with Gasteiger partial charge >= 0.3 is 6.01 Å². The van der Waals surface area contributed by atoms with Crippen molar-refractivity contribution >= 4 is 22.8 Å². The molecule has 2 aliphatic heterocycles. The molecule has 4 aromatic rings. The van der Waals surface area contributed by atoms with Gasteiger partial charge < -0.3 is 10.1 Å². The van der Waals surface area contributed by atoms with Crippen molar-refractivity contribution in [2.45, 2.75) is 50.7 Å². The van der Waals surface area contributed by atoms with E-state index in [1.54, 1.807) is 24.5 Å². The second-order valence-corrected chi connectivity index (χ2v) is 11.3. The molecular weight excluding hydrogens is 526 g/mol. The van der Waals surface area contributed by atoms with Crippen LogP contribution < -0.4 is 10.1 Å². The number of nitrogens with one attached hydrogen (secondary N) is 2. The molecule has 1 aromatic carbocycles. The number of benzene rings is 1. The number of aromatic nitrogens is 6. The molecule has 41 heavy (non-hydrogen) atoms. The normalized spacial score (nSPS) is 21.2.